The van der Waals surface area contributed by atoms with Crippen molar-refractivity contribution in [3.05, 3.63) is 11.6 Å². The minimum atomic E-state index is -5.45. The third kappa shape index (κ3) is 8.58. The molecule has 246 valence electrons. The van der Waals surface area contributed by atoms with E-state index in [2.05, 4.69) is 6.92 Å². The zero-order valence-corrected chi connectivity index (χ0v) is 26.8. The molecule has 0 aliphatic heterocycles. The molecule has 0 bridgehead atoms. The van der Waals surface area contributed by atoms with Crippen LogP contribution in [0, 0.1) is 35.0 Å². The van der Waals surface area contributed by atoms with Crippen LogP contribution in [0.5, 0.6) is 0 Å². The summed E-state index contributed by atoms with van der Waals surface area (Å²) in [6.07, 6.45) is 11.5. The van der Waals surface area contributed by atoms with Crippen molar-refractivity contribution in [2.24, 2.45) is 35.0 Å². The summed E-state index contributed by atoms with van der Waals surface area (Å²) >= 11 is 1.47. The van der Waals surface area contributed by atoms with Gasteiger partial charge in [0.25, 0.3) is 0 Å². The Bertz CT molecular complexity index is 982. The number of hydrogen-bond acceptors (Lipinski definition) is 4. The highest BCUT2D eigenvalue weighted by Gasteiger charge is 2.59. The smallest absolute Gasteiger partial charge is 0.453 e. The molecular formula is C34H51F5O3S. The quantitative estimate of drug-likeness (QED) is 0.102. The second kappa shape index (κ2) is 15.0. The van der Waals surface area contributed by atoms with Gasteiger partial charge >= 0.3 is 18.1 Å². The number of carbonyl (C=O) groups is 2. The van der Waals surface area contributed by atoms with E-state index in [1.54, 1.807) is 0 Å². The number of esters is 1. The van der Waals surface area contributed by atoms with E-state index >= 15 is 0 Å². The van der Waals surface area contributed by atoms with Crippen LogP contribution in [0.2, 0.25) is 0 Å². The average molecular weight is 635 g/mol. The third-order valence-electron chi connectivity index (χ3n) is 11.2. The van der Waals surface area contributed by atoms with Gasteiger partial charge in [-0.2, -0.15) is 33.7 Å². The topological polar surface area (TPSA) is 43.4 Å². The van der Waals surface area contributed by atoms with Gasteiger partial charge in [0.15, 0.2) is 5.78 Å². The third-order valence-corrected chi connectivity index (χ3v) is 12.4. The molecule has 0 spiro atoms. The summed E-state index contributed by atoms with van der Waals surface area (Å²) in [6.45, 7) is 3.89. The monoisotopic (exact) mass is 634 g/mol. The summed E-state index contributed by atoms with van der Waals surface area (Å²) in [5, 5.41) is 0. The minimum Gasteiger partial charge on any atom is -0.462 e. The predicted molar refractivity (Wildman–Crippen MR) is 161 cm³/mol. The number of rotatable bonds is 15. The van der Waals surface area contributed by atoms with E-state index in [-0.39, 0.29) is 23.9 Å². The van der Waals surface area contributed by atoms with E-state index in [4.69, 9.17) is 4.74 Å². The van der Waals surface area contributed by atoms with Crippen molar-refractivity contribution in [3.63, 3.8) is 0 Å². The number of unbranched alkanes of at least 4 members (excludes halogenated alkanes) is 6. The van der Waals surface area contributed by atoms with Gasteiger partial charge in [0.2, 0.25) is 0 Å². The van der Waals surface area contributed by atoms with Gasteiger partial charge < -0.3 is 4.74 Å². The van der Waals surface area contributed by atoms with E-state index < -0.39 is 18.5 Å². The summed E-state index contributed by atoms with van der Waals surface area (Å²) in [4.78, 5) is 24.2. The maximum atomic E-state index is 12.9. The first kappa shape index (κ1) is 34.7. The normalized spacial score (nSPS) is 32.5. The molecule has 0 saturated heterocycles. The summed E-state index contributed by atoms with van der Waals surface area (Å²) in [5.41, 5.74) is 1.47. The lowest BCUT2D eigenvalue weighted by atomic mass is 9.49. The molecule has 0 amide bonds. The summed E-state index contributed by atoms with van der Waals surface area (Å²) < 4.78 is 68.4. The van der Waals surface area contributed by atoms with Crippen molar-refractivity contribution in [2.45, 2.75) is 141 Å². The number of allylic oxidation sites excluding steroid dienone is 1. The Labute approximate surface area is 258 Å². The van der Waals surface area contributed by atoms with Crippen molar-refractivity contribution >= 4 is 23.5 Å². The molecule has 3 saturated carbocycles. The van der Waals surface area contributed by atoms with Gasteiger partial charge in [-0.3, -0.25) is 9.59 Å². The molecule has 0 aromatic heterocycles. The largest absolute Gasteiger partial charge is 0.462 e. The molecule has 4 rings (SSSR count). The van der Waals surface area contributed by atoms with E-state index in [9.17, 15) is 31.5 Å². The number of ketones is 1. The van der Waals surface area contributed by atoms with Gasteiger partial charge in [-0.25, -0.2) is 0 Å². The molecule has 0 aromatic carbocycles. The van der Waals surface area contributed by atoms with Gasteiger partial charge in [0.1, 0.15) is 6.10 Å². The Kier molecular flexibility index (Phi) is 12.1. The Balaban J connectivity index is 1.17. The zero-order valence-electron chi connectivity index (χ0n) is 26.0. The van der Waals surface area contributed by atoms with Crippen LogP contribution in [-0.2, 0) is 14.3 Å². The van der Waals surface area contributed by atoms with Crippen LogP contribution in [0.3, 0.4) is 0 Å². The van der Waals surface area contributed by atoms with Crippen molar-refractivity contribution < 1.29 is 36.3 Å². The van der Waals surface area contributed by atoms with Crippen LogP contribution in [0.15, 0.2) is 11.6 Å². The van der Waals surface area contributed by atoms with Crippen LogP contribution < -0.4 is 0 Å². The van der Waals surface area contributed by atoms with Crippen LogP contribution >= 0.6 is 11.8 Å². The van der Waals surface area contributed by atoms with Gasteiger partial charge in [0, 0.05) is 25.2 Å². The number of ether oxygens (including phenoxy) is 1. The van der Waals surface area contributed by atoms with Crippen LogP contribution in [0.4, 0.5) is 22.0 Å². The van der Waals surface area contributed by atoms with Crippen LogP contribution in [0.1, 0.15) is 123 Å². The number of alkyl halides is 5. The first-order valence-electron chi connectivity index (χ1n) is 16.8. The molecule has 0 unspecified atom stereocenters. The molecular weight excluding hydrogens is 583 g/mol. The highest BCUT2D eigenvalue weighted by atomic mass is 32.2. The van der Waals surface area contributed by atoms with Crippen LogP contribution in [0.25, 0.3) is 0 Å². The zero-order chi connectivity index (χ0) is 31.3. The number of carbonyl (C=O) groups excluding carboxylic acids is 2. The molecule has 0 radical (unpaired) electrons. The van der Waals surface area contributed by atoms with E-state index in [0.717, 1.165) is 63.5 Å². The first-order valence-corrected chi connectivity index (χ1v) is 17.9. The molecule has 3 nitrogen and oxygen atoms in total. The van der Waals surface area contributed by atoms with Gasteiger partial charge in [0.05, 0.1) is 0 Å². The lowest BCUT2D eigenvalue weighted by Gasteiger charge is -2.56. The fourth-order valence-electron chi connectivity index (χ4n) is 9.15. The second-order valence-electron chi connectivity index (χ2n) is 14.0. The van der Waals surface area contributed by atoms with Crippen molar-refractivity contribution in [2.75, 3.05) is 11.5 Å². The minimum absolute atomic E-state index is 0.0269. The predicted octanol–water partition coefficient (Wildman–Crippen LogP) is 10.1. The standard InChI is InChI=1S/C34H51F5O3S/c1-23(40)42-30-15-14-29-31-24(21-25-22-26(41)12-13-27(25)28(31)16-18-32(29,30)2)11-8-6-4-3-5-7-9-19-43-20-10-17-33(35,36)34(37,38)39/h22,24,27-31H,3-21H2,1-2H3/t24-,27+,28-,29+,30+,31-,32+/m1/s1. The lowest BCUT2D eigenvalue weighted by molar-refractivity contribution is -0.284. The van der Waals surface area contributed by atoms with E-state index in [0.29, 0.717) is 47.5 Å². The molecule has 0 aromatic rings. The molecule has 43 heavy (non-hydrogen) atoms. The maximum absolute atomic E-state index is 12.9. The molecule has 0 N–H and O–H groups in total. The molecule has 0 heterocycles. The molecule has 9 heteroatoms. The van der Waals surface area contributed by atoms with Crippen molar-refractivity contribution in [1.82, 2.24) is 0 Å². The molecule has 3 fully saturated rings. The Morgan fingerprint density at radius 2 is 1.63 bits per heavy atom. The lowest BCUT2D eigenvalue weighted by Crippen LogP contribution is -2.51. The first-order chi connectivity index (χ1) is 20.3. The highest BCUT2D eigenvalue weighted by molar-refractivity contribution is 7.99. The second-order valence-corrected chi connectivity index (χ2v) is 15.3. The summed E-state index contributed by atoms with van der Waals surface area (Å²) in [5.74, 6) is -0.301. The fourth-order valence-corrected chi connectivity index (χ4v) is 10.1. The maximum Gasteiger partial charge on any atom is 0.453 e. The Hall–Kier alpha value is -1.12. The fraction of sp³-hybridized carbons (Fsp3) is 0.882. The SMILES string of the molecule is CC(=O)O[C@H]1CC[C@H]2[C@@H]3[C@H](CCCCCCCCCSCCCC(F)(F)C(F)(F)F)CC4=CC(=O)CC[C@@H]4[C@H]3CC[C@]12C. The summed E-state index contributed by atoms with van der Waals surface area (Å²) in [7, 11) is 0. The number of hydrogen-bond donors (Lipinski definition) is 0. The Morgan fingerprint density at radius 1 is 0.953 bits per heavy atom. The highest BCUT2D eigenvalue weighted by Crippen LogP contribution is 2.64. The van der Waals surface area contributed by atoms with Gasteiger partial charge in [-0.05, 0) is 105 Å². The number of thioether (sulfide) groups is 1. The molecule has 7 atom stereocenters. The van der Waals surface area contributed by atoms with Crippen LogP contribution in [-0.4, -0.2) is 41.5 Å². The Morgan fingerprint density at radius 3 is 2.33 bits per heavy atom. The van der Waals surface area contributed by atoms with Gasteiger partial charge in [-0.15, -0.1) is 0 Å². The van der Waals surface area contributed by atoms with E-state index in [1.165, 1.54) is 56.4 Å². The molecule has 4 aliphatic rings. The van der Waals surface area contributed by atoms with E-state index in [1.807, 2.05) is 6.08 Å². The number of halogens is 5. The van der Waals surface area contributed by atoms with Crippen molar-refractivity contribution in [3.8, 4) is 0 Å². The number of fused-ring (bicyclic) bond motifs is 5. The van der Waals surface area contributed by atoms with Gasteiger partial charge in [-0.1, -0.05) is 51.0 Å². The van der Waals surface area contributed by atoms with Crippen molar-refractivity contribution in [1.29, 1.82) is 0 Å². The summed E-state index contributed by atoms with van der Waals surface area (Å²) in [6, 6.07) is 0. The average Bonchev–Trinajstić information content (AvgIpc) is 3.25. The molecule has 4 aliphatic carbocycles.